The van der Waals surface area contributed by atoms with Crippen LogP contribution in [0.5, 0.6) is 0 Å². The largest absolute Gasteiger partial charge is 0.305 e. The number of nitriles is 1. The van der Waals surface area contributed by atoms with E-state index in [-0.39, 0.29) is 20.1 Å². The van der Waals surface area contributed by atoms with Gasteiger partial charge in [-0.05, 0) is 34.3 Å². The van der Waals surface area contributed by atoms with E-state index < -0.39 is 0 Å². The van der Waals surface area contributed by atoms with Gasteiger partial charge < -0.3 is 9.97 Å². The molecular formula is C31H19IrN3-2. The second kappa shape index (κ2) is 11.3. The van der Waals surface area contributed by atoms with Gasteiger partial charge in [-0.1, -0.05) is 65.4 Å². The Morgan fingerprint density at radius 2 is 1.43 bits per heavy atom. The summed E-state index contributed by atoms with van der Waals surface area (Å²) in [6.07, 6.45) is 3.45. The molecule has 0 amide bonds. The van der Waals surface area contributed by atoms with Crippen LogP contribution in [-0.2, 0) is 20.1 Å². The third-order valence-corrected chi connectivity index (χ3v) is 5.49. The minimum absolute atomic E-state index is 0. The first-order valence-electron chi connectivity index (χ1n) is 10.9. The first-order chi connectivity index (χ1) is 16.8. The molecule has 35 heavy (non-hydrogen) atoms. The topological polar surface area (TPSA) is 49.6 Å². The third-order valence-electron chi connectivity index (χ3n) is 5.49. The summed E-state index contributed by atoms with van der Waals surface area (Å²) in [7, 11) is 0. The molecule has 0 atom stereocenters. The molecule has 4 aromatic carbocycles. The smallest absolute Gasteiger partial charge is 0.0984 e. The minimum atomic E-state index is 0. The van der Waals surface area contributed by atoms with E-state index >= 15 is 0 Å². The maximum absolute atomic E-state index is 9.03. The van der Waals surface area contributed by atoms with Crippen molar-refractivity contribution in [2.75, 3.05) is 0 Å². The van der Waals surface area contributed by atoms with Crippen molar-refractivity contribution in [3.05, 3.63) is 133 Å². The van der Waals surface area contributed by atoms with Gasteiger partial charge in [0, 0.05) is 38.1 Å². The fraction of sp³-hybridized carbons (Fsp3) is 0. The average Bonchev–Trinajstić information content (AvgIpc) is 2.94. The molecule has 4 heteroatoms. The summed E-state index contributed by atoms with van der Waals surface area (Å²) in [5, 5.41) is 13.8. The number of hydrogen-bond donors (Lipinski definition) is 0. The van der Waals surface area contributed by atoms with Gasteiger partial charge in [-0.3, -0.25) is 0 Å². The monoisotopic (exact) mass is 626 g/mol. The van der Waals surface area contributed by atoms with E-state index in [0.29, 0.717) is 5.56 Å². The van der Waals surface area contributed by atoms with Crippen LogP contribution in [0.4, 0.5) is 0 Å². The molecule has 2 heterocycles. The van der Waals surface area contributed by atoms with Gasteiger partial charge >= 0.3 is 0 Å². The SMILES string of the molecule is N#Cc1ccnc(-c2[c-]cc3ccc4ccccc4c3c2)c1.[Ir].[c-]1ccccc1-c1ccccn1. The van der Waals surface area contributed by atoms with Crippen molar-refractivity contribution in [2.24, 2.45) is 0 Å². The number of fused-ring (bicyclic) bond motifs is 3. The molecule has 0 saturated carbocycles. The Balaban J connectivity index is 0.000000189. The van der Waals surface area contributed by atoms with Crippen molar-refractivity contribution in [1.82, 2.24) is 9.97 Å². The molecular weight excluding hydrogens is 607 g/mol. The van der Waals surface area contributed by atoms with Crippen LogP contribution in [0.3, 0.4) is 0 Å². The van der Waals surface area contributed by atoms with E-state index in [9.17, 15) is 0 Å². The van der Waals surface area contributed by atoms with Crippen molar-refractivity contribution in [2.45, 2.75) is 0 Å². The molecule has 1 radical (unpaired) electrons. The van der Waals surface area contributed by atoms with Crippen LogP contribution in [0.1, 0.15) is 5.56 Å². The standard InChI is InChI=1S/C20H11N2.C11H8N.Ir/c21-13-14-9-10-22-20(11-14)17-8-7-16-6-5-15-3-1-2-4-18(15)19(16)12-17;1-2-6-10(7-3-1)11-8-4-5-9-12-11;/h1-7,9-12H;1-6,8-9H;/q2*-1;. The van der Waals surface area contributed by atoms with Crippen molar-refractivity contribution >= 4 is 21.5 Å². The third kappa shape index (κ3) is 5.50. The van der Waals surface area contributed by atoms with Gasteiger partial charge in [0.25, 0.3) is 0 Å². The van der Waals surface area contributed by atoms with Gasteiger partial charge in [0.2, 0.25) is 0 Å². The first-order valence-corrected chi connectivity index (χ1v) is 10.9. The normalized spacial score (nSPS) is 10.0. The maximum Gasteiger partial charge on any atom is 0.0984 e. The molecule has 6 rings (SSSR count). The quantitative estimate of drug-likeness (QED) is 0.150. The number of hydrogen-bond acceptors (Lipinski definition) is 3. The van der Waals surface area contributed by atoms with E-state index in [1.54, 1.807) is 24.5 Å². The van der Waals surface area contributed by atoms with Gasteiger partial charge in [0.1, 0.15) is 0 Å². The predicted molar refractivity (Wildman–Crippen MR) is 137 cm³/mol. The predicted octanol–water partition coefficient (Wildman–Crippen LogP) is 7.27. The van der Waals surface area contributed by atoms with Crippen molar-refractivity contribution in [3.63, 3.8) is 0 Å². The molecule has 0 aliphatic rings. The van der Waals surface area contributed by atoms with Crippen LogP contribution in [0, 0.1) is 23.5 Å². The maximum atomic E-state index is 9.03. The fourth-order valence-electron chi connectivity index (χ4n) is 3.81. The van der Waals surface area contributed by atoms with Crippen molar-refractivity contribution < 1.29 is 20.1 Å². The van der Waals surface area contributed by atoms with Gasteiger partial charge in [0.05, 0.1) is 6.07 Å². The molecule has 0 bridgehead atoms. The first kappa shape index (κ1) is 24.0. The summed E-state index contributed by atoms with van der Waals surface area (Å²) in [4.78, 5) is 8.58. The Kier molecular flexibility index (Phi) is 7.75. The molecule has 0 saturated heterocycles. The number of pyridine rings is 2. The van der Waals surface area contributed by atoms with Crippen LogP contribution in [-0.4, -0.2) is 9.97 Å². The second-order valence-corrected chi connectivity index (χ2v) is 7.67. The number of aromatic nitrogens is 2. The molecule has 0 spiro atoms. The van der Waals surface area contributed by atoms with Gasteiger partial charge in [-0.15, -0.1) is 59.7 Å². The molecule has 0 N–H and O–H groups in total. The van der Waals surface area contributed by atoms with E-state index in [1.165, 1.54) is 16.2 Å². The van der Waals surface area contributed by atoms with Crippen LogP contribution in [0.15, 0.2) is 116 Å². The number of nitrogens with zero attached hydrogens (tertiary/aromatic N) is 3. The van der Waals surface area contributed by atoms with Gasteiger partial charge in [-0.2, -0.15) is 5.26 Å². The van der Waals surface area contributed by atoms with E-state index in [2.05, 4.69) is 58.5 Å². The molecule has 0 aliphatic carbocycles. The van der Waals surface area contributed by atoms with Gasteiger partial charge in [0.15, 0.2) is 0 Å². The Bertz CT molecular complexity index is 1570. The molecule has 6 aromatic rings. The van der Waals surface area contributed by atoms with E-state index in [0.717, 1.165) is 27.9 Å². The van der Waals surface area contributed by atoms with Crippen LogP contribution < -0.4 is 0 Å². The van der Waals surface area contributed by atoms with Crippen LogP contribution in [0.2, 0.25) is 0 Å². The Morgan fingerprint density at radius 3 is 2.23 bits per heavy atom. The summed E-state index contributed by atoms with van der Waals surface area (Å²) in [5.41, 5.74) is 4.29. The fourth-order valence-corrected chi connectivity index (χ4v) is 3.81. The second-order valence-electron chi connectivity index (χ2n) is 7.67. The van der Waals surface area contributed by atoms with Crippen LogP contribution in [0.25, 0.3) is 44.1 Å². The molecule has 2 aromatic heterocycles. The Labute approximate surface area is 218 Å². The van der Waals surface area contributed by atoms with Gasteiger partial charge in [-0.25, -0.2) is 0 Å². The molecule has 169 valence electrons. The summed E-state index contributed by atoms with van der Waals surface area (Å²) in [6, 6.07) is 42.4. The zero-order valence-electron chi connectivity index (χ0n) is 18.6. The van der Waals surface area contributed by atoms with Crippen molar-refractivity contribution in [3.8, 4) is 28.6 Å². The zero-order valence-corrected chi connectivity index (χ0v) is 21.0. The summed E-state index contributed by atoms with van der Waals surface area (Å²) in [6.45, 7) is 0. The number of benzene rings is 4. The molecule has 0 fully saturated rings. The summed E-state index contributed by atoms with van der Waals surface area (Å²) >= 11 is 0. The molecule has 3 nitrogen and oxygen atoms in total. The van der Waals surface area contributed by atoms with Crippen LogP contribution >= 0.6 is 0 Å². The van der Waals surface area contributed by atoms with Crippen molar-refractivity contribution in [1.29, 1.82) is 5.26 Å². The Morgan fingerprint density at radius 1 is 0.629 bits per heavy atom. The Hall–Kier alpha value is -4.16. The summed E-state index contributed by atoms with van der Waals surface area (Å²) in [5.74, 6) is 0. The molecule has 0 aliphatic heterocycles. The molecule has 0 unspecified atom stereocenters. The average molecular weight is 626 g/mol. The van der Waals surface area contributed by atoms with E-state index in [4.69, 9.17) is 5.26 Å². The zero-order chi connectivity index (χ0) is 23.2. The minimum Gasteiger partial charge on any atom is -0.305 e. The number of rotatable bonds is 2. The summed E-state index contributed by atoms with van der Waals surface area (Å²) < 4.78 is 0. The van der Waals surface area contributed by atoms with E-state index in [1.807, 2.05) is 60.7 Å².